The SMILES string of the molecule is CN(C)CCOc1cccc(CN=C(N)N2CCCCC2)c1.I. The molecule has 0 unspecified atom stereocenters. The van der Waals surface area contributed by atoms with E-state index in [1.54, 1.807) is 0 Å². The monoisotopic (exact) mass is 432 g/mol. The van der Waals surface area contributed by atoms with Crippen LogP contribution in [0.3, 0.4) is 0 Å². The molecule has 5 nitrogen and oxygen atoms in total. The molecule has 1 aromatic rings. The number of hydrogen-bond acceptors (Lipinski definition) is 3. The number of piperidine rings is 1. The highest BCUT2D eigenvalue weighted by atomic mass is 127. The van der Waals surface area contributed by atoms with Crippen LogP contribution >= 0.6 is 24.0 Å². The van der Waals surface area contributed by atoms with Gasteiger partial charge in [0.25, 0.3) is 0 Å². The first-order valence-corrected chi connectivity index (χ1v) is 8.06. The van der Waals surface area contributed by atoms with Crippen molar-refractivity contribution in [1.29, 1.82) is 0 Å². The summed E-state index contributed by atoms with van der Waals surface area (Å²) in [4.78, 5) is 8.81. The Morgan fingerprint density at radius 2 is 2.00 bits per heavy atom. The van der Waals surface area contributed by atoms with Gasteiger partial charge in [-0.3, -0.25) is 0 Å². The van der Waals surface area contributed by atoms with Crippen molar-refractivity contribution < 1.29 is 4.74 Å². The number of likely N-dealkylation sites (N-methyl/N-ethyl adjacent to an activating group) is 1. The molecule has 1 aromatic carbocycles. The Balaban J connectivity index is 0.00000264. The summed E-state index contributed by atoms with van der Waals surface area (Å²) in [6, 6.07) is 8.10. The largest absolute Gasteiger partial charge is 0.492 e. The smallest absolute Gasteiger partial charge is 0.191 e. The van der Waals surface area contributed by atoms with Crippen LogP contribution in [0.4, 0.5) is 0 Å². The second-order valence-electron chi connectivity index (χ2n) is 6.02. The lowest BCUT2D eigenvalue weighted by Crippen LogP contribution is -2.40. The van der Waals surface area contributed by atoms with Crippen LogP contribution in [0.15, 0.2) is 29.3 Å². The molecule has 6 heteroatoms. The number of rotatable bonds is 6. The van der Waals surface area contributed by atoms with E-state index in [1.807, 2.05) is 32.3 Å². The standard InChI is InChI=1S/C17H28N4O.HI/c1-20(2)11-12-22-16-8-6-7-15(13-16)14-19-17(18)21-9-4-3-5-10-21;/h6-8,13H,3-5,9-12,14H2,1-2H3,(H2,18,19);1H. The molecule has 0 saturated carbocycles. The summed E-state index contributed by atoms with van der Waals surface area (Å²) in [6.07, 6.45) is 3.73. The van der Waals surface area contributed by atoms with Gasteiger partial charge in [0.2, 0.25) is 0 Å². The molecule has 0 spiro atoms. The number of halogens is 1. The second kappa shape index (κ2) is 10.7. The zero-order valence-corrected chi connectivity index (χ0v) is 16.5. The first kappa shape index (κ1) is 20.0. The van der Waals surface area contributed by atoms with Gasteiger partial charge in [0.1, 0.15) is 12.4 Å². The third-order valence-electron chi connectivity index (χ3n) is 3.81. The Hall–Kier alpha value is -1.02. The van der Waals surface area contributed by atoms with Crippen LogP contribution in [0, 0.1) is 0 Å². The van der Waals surface area contributed by atoms with Crippen LogP contribution in [-0.4, -0.2) is 56.1 Å². The molecule has 2 N–H and O–H groups in total. The van der Waals surface area contributed by atoms with Gasteiger partial charge >= 0.3 is 0 Å². The lowest BCUT2D eigenvalue weighted by molar-refractivity contribution is 0.261. The highest BCUT2D eigenvalue weighted by Crippen LogP contribution is 2.14. The fraction of sp³-hybridized carbons (Fsp3) is 0.588. The molecule has 0 atom stereocenters. The Morgan fingerprint density at radius 1 is 1.26 bits per heavy atom. The van der Waals surface area contributed by atoms with E-state index in [4.69, 9.17) is 10.5 Å². The first-order valence-electron chi connectivity index (χ1n) is 8.06. The molecule has 1 heterocycles. The number of ether oxygens (including phenoxy) is 1. The van der Waals surface area contributed by atoms with Crippen LogP contribution in [0.1, 0.15) is 24.8 Å². The molecular weight excluding hydrogens is 403 g/mol. The molecule has 2 rings (SSSR count). The van der Waals surface area contributed by atoms with E-state index in [0.717, 1.165) is 30.9 Å². The van der Waals surface area contributed by atoms with Crippen molar-refractivity contribution in [2.45, 2.75) is 25.8 Å². The summed E-state index contributed by atoms with van der Waals surface area (Å²) in [6.45, 7) is 4.26. The third kappa shape index (κ3) is 7.39. The van der Waals surface area contributed by atoms with Crippen molar-refractivity contribution >= 4 is 29.9 Å². The van der Waals surface area contributed by atoms with Crippen molar-refractivity contribution in [3.05, 3.63) is 29.8 Å². The maximum Gasteiger partial charge on any atom is 0.191 e. The Labute approximate surface area is 156 Å². The maximum absolute atomic E-state index is 6.09. The van der Waals surface area contributed by atoms with Crippen molar-refractivity contribution in [3.63, 3.8) is 0 Å². The second-order valence-corrected chi connectivity index (χ2v) is 6.02. The van der Waals surface area contributed by atoms with E-state index in [2.05, 4.69) is 20.9 Å². The molecule has 1 saturated heterocycles. The van der Waals surface area contributed by atoms with Gasteiger partial charge in [0.05, 0.1) is 6.54 Å². The van der Waals surface area contributed by atoms with Gasteiger partial charge in [0.15, 0.2) is 5.96 Å². The Kier molecular flexibility index (Phi) is 9.31. The summed E-state index contributed by atoms with van der Waals surface area (Å²) in [5.41, 5.74) is 7.21. The van der Waals surface area contributed by atoms with Crippen molar-refractivity contribution in [3.8, 4) is 5.75 Å². The van der Waals surface area contributed by atoms with Gasteiger partial charge in [-0.15, -0.1) is 24.0 Å². The van der Waals surface area contributed by atoms with Crippen LogP contribution in [0.25, 0.3) is 0 Å². The molecule has 0 aromatic heterocycles. The molecule has 130 valence electrons. The van der Waals surface area contributed by atoms with Gasteiger partial charge in [0, 0.05) is 19.6 Å². The van der Waals surface area contributed by atoms with Gasteiger partial charge in [-0.1, -0.05) is 12.1 Å². The normalized spacial score (nSPS) is 15.4. The minimum Gasteiger partial charge on any atom is -0.492 e. The molecule has 0 aliphatic carbocycles. The van der Waals surface area contributed by atoms with Crippen molar-refractivity contribution in [2.75, 3.05) is 40.3 Å². The Bertz CT molecular complexity index is 487. The summed E-state index contributed by atoms with van der Waals surface area (Å²) < 4.78 is 5.75. The van der Waals surface area contributed by atoms with Crippen LogP contribution in [-0.2, 0) is 6.54 Å². The highest BCUT2D eigenvalue weighted by molar-refractivity contribution is 14.0. The van der Waals surface area contributed by atoms with E-state index in [9.17, 15) is 0 Å². The average Bonchev–Trinajstić information content (AvgIpc) is 2.53. The maximum atomic E-state index is 6.09. The van der Waals surface area contributed by atoms with Crippen LogP contribution < -0.4 is 10.5 Å². The predicted octanol–water partition coefficient (Wildman–Crippen LogP) is 2.55. The summed E-state index contributed by atoms with van der Waals surface area (Å²) in [5.74, 6) is 1.56. The molecule has 1 aliphatic rings. The van der Waals surface area contributed by atoms with Crippen LogP contribution in [0.5, 0.6) is 5.75 Å². The molecule has 1 fully saturated rings. The van der Waals surface area contributed by atoms with Gasteiger partial charge in [-0.25, -0.2) is 4.99 Å². The number of likely N-dealkylation sites (tertiary alicyclic amines) is 1. The third-order valence-corrected chi connectivity index (χ3v) is 3.81. The number of benzene rings is 1. The lowest BCUT2D eigenvalue weighted by Gasteiger charge is -2.27. The van der Waals surface area contributed by atoms with Gasteiger partial charge < -0.3 is 20.3 Å². The summed E-state index contributed by atoms with van der Waals surface area (Å²) >= 11 is 0. The van der Waals surface area contributed by atoms with E-state index in [0.29, 0.717) is 19.1 Å². The quantitative estimate of drug-likeness (QED) is 0.427. The molecule has 1 aliphatic heterocycles. The molecule has 0 amide bonds. The number of hydrogen-bond donors (Lipinski definition) is 1. The van der Waals surface area contributed by atoms with Gasteiger partial charge in [-0.05, 0) is 51.1 Å². The fourth-order valence-electron chi connectivity index (χ4n) is 2.47. The van der Waals surface area contributed by atoms with E-state index in [-0.39, 0.29) is 24.0 Å². The summed E-state index contributed by atoms with van der Waals surface area (Å²) in [7, 11) is 4.08. The minimum absolute atomic E-state index is 0. The van der Waals surface area contributed by atoms with E-state index >= 15 is 0 Å². The first-order chi connectivity index (χ1) is 10.6. The molecule has 0 bridgehead atoms. The predicted molar refractivity (Wildman–Crippen MR) is 107 cm³/mol. The van der Waals surface area contributed by atoms with E-state index < -0.39 is 0 Å². The average molecular weight is 432 g/mol. The minimum atomic E-state index is 0. The lowest BCUT2D eigenvalue weighted by atomic mass is 10.1. The van der Waals surface area contributed by atoms with Gasteiger partial charge in [-0.2, -0.15) is 0 Å². The molecular formula is C17H29IN4O. The molecule has 23 heavy (non-hydrogen) atoms. The zero-order chi connectivity index (χ0) is 15.8. The number of nitrogens with two attached hydrogens (primary N) is 1. The van der Waals surface area contributed by atoms with Crippen molar-refractivity contribution in [1.82, 2.24) is 9.80 Å². The molecule has 0 radical (unpaired) electrons. The highest BCUT2D eigenvalue weighted by Gasteiger charge is 2.11. The van der Waals surface area contributed by atoms with Crippen molar-refractivity contribution in [2.24, 2.45) is 10.7 Å². The number of nitrogens with zero attached hydrogens (tertiary/aromatic N) is 3. The summed E-state index contributed by atoms with van der Waals surface area (Å²) in [5, 5.41) is 0. The zero-order valence-electron chi connectivity index (χ0n) is 14.2. The fourth-order valence-corrected chi connectivity index (χ4v) is 2.47. The number of guanidine groups is 1. The van der Waals surface area contributed by atoms with E-state index in [1.165, 1.54) is 19.3 Å². The number of aliphatic imine (C=N–C) groups is 1. The van der Waals surface area contributed by atoms with Crippen LogP contribution in [0.2, 0.25) is 0 Å². The Morgan fingerprint density at radius 3 is 2.70 bits per heavy atom. The topological polar surface area (TPSA) is 54.1 Å².